The third kappa shape index (κ3) is 3.99. The second-order valence-electron chi connectivity index (χ2n) is 5.37. The summed E-state index contributed by atoms with van der Waals surface area (Å²) in [5, 5.41) is 18.2. The zero-order valence-electron chi connectivity index (χ0n) is 14.5. The smallest absolute Gasteiger partial charge is 0.302 e. The summed E-state index contributed by atoms with van der Waals surface area (Å²) in [7, 11) is 0. The van der Waals surface area contributed by atoms with E-state index < -0.39 is 5.97 Å². The van der Waals surface area contributed by atoms with Gasteiger partial charge in [-0.25, -0.2) is 0 Å². The van der Waals surface area contributed by atoms with E-state index in [0.717, 1.165) is 24.3 Å². The van der Waals surface area contributed by atoms with E-state index >= 15 is 0 Å². The SMILES string of the molecule is CCN(CC)c1ccc2c(c1)OC(=C(C#N)C#N)C=C2COC(C)=O. The number of hydrogen-bond donors (Lipinski definition) is 0. The van der Waals surface area contributed by atoms with Gasteiger partial charge in [0.2, 0.25) is 0 Å². The Morgan fingerprint density at radius 2 is 1.92 bits per heavy atom. The van der Waals surface area contributed by atoms with Gasteiger partial charge in [-0.2, -0.15) is 10.5 Å². The number of carbonyl (C=O) groups is 1. The molecule has 2 rings (SSSR count). The van der Waals surface area contributed by atoms with Crippen LogP contribution in [-0.2, 0) is 9.53 Å². The number of rotatable bonds is 5. The highest BCUT2D eigenvalue weighted by Gasteiger charge is 2.21. The number of carbonyl (C=O) groups excluding carboxylic acids is 1. The van der Waals surface area contributed by atoms with Crippen molar-refractivity contribution in [2.45, 2.75) is 20.8 Å². The van der Waals surface area contributed by atoms with Crippen molar-refractivity contribution in [1.29, 1.82) is 10.5 Å². The molecular formula is C19H19N3O3. The maximum absolute atomic E-state index is 11.1. The summed E-state index contributed by atoms with van der Waals surface area (Å²) < 4.78 is 10.9. The second-order valence-corrected chi connectivity index (χ2v) is 5.37. The van der Waals surface area contributed by atoms with E-state index in [4.69, 9.17) is 20.0 Å². The van der Waals surface area contributed by atoms with Crippen LogP contribution in [0, 0.1) is 22.7 Å². The molecule has 0 atom stereocenters. The van der Waals surface area contributed by atoms with Gasteiger partial charge < -0.3 is 14.4 Å². The lowest BCUT2D eigenvalue weighted by atomic mass is 10.00. The van der Waals surface area contributed by atoms with E-state index in [1.54, 1.807) is 6.08 Å². The van der Waals surface area contributed by atoms with Crippen molar-refractivity contribution in [3.05, 3.63) is 41.2 Å². The molecule has 6 nitrogen and oxygen atoms in total. The van der Waals surface area contributed by atoms with Gasteiger partial charge in [0.05, 0.1) is 0 Å². The first kappa shape index (κ1) is 18.1. The fourth-order valence-electron chi connectivity index (χ4n) is 2.59. The molecule has 1 aliphatic heterocycles. The van der Waals surface area contributed by atoms with Crippen molar-refractivity contribution in [3.63, 3.8) is 0 Å². The van der Waals surface area contributed by atoms with Gasteiger partial charge in [0.1, 0.15) is 24.5 Å². The minimum Gasteiger partial charge on any atom is -0.461 e. The summed E-state index contributed by atoms with van der Waals surface area (Å²) >= 11 is 0. The Morgan fingerprint density at radius 3 is 2.48 bits per heavy atom. The molecule has 1 aromatic carbocycles. The largest absolute Gasteiger partial charge is 0.461 e. The van der Waals surface area contributed by atoms with Gasteiger partial charge in [-0.1, -0.05) is 0 Å². The normalized spacial score (nSPS) is 12.0. The van der Waals surface area contributed by atoms with E-state index in [9.17, 15) is 4.79 Å². The standard InChI is InChI=1S/C19H19N3O3/c1-4-22(5-2)16-6-7-17-14(12-24-13(3)23)8-18(15(10-20)11-21)25-19(17)9-16/h6-9H,4-5,12H2,1-3H3. The highest BCUT2D eigenvalue weighted by atomic mass is 16.5. The molecule has 0 aliphatic carbocycles. The summed E-state index contributed by atoms with van der Waals surface area (Å²) in [6, 6.07) is 9.40. The van der Waals surface area contributed by atoms with Gasteiger partial charge in [0.25, 0.3) is 0 Å². The quantitative estimate of drug-likeness (QED) is 0.606. The fourth-order valence-corrected chi connectivity index (χ4v) is 2.59. The van der Waals surface area contributed by atoms with Gasteiger partial charge in [0, 0.05) is 42.9 Å². The van der Waals surface area contributed by atoms with Crippen molar-refractivity contribution in [1.82, 2.24) is 0 Å². The first-order chi connectivity index (χ1) is 12.0. The summed E-state index contributed by atoms with van der Waals surface area (Å²) in [5.41, 5.74) is 2.31. The zero-order valence-corrected chi connectivity index (χ0v) is 14.5. The van der Waals surface area contributed by atoms with E-state index in [-0.39, 0.29) is 17.9 Å². The number of fused-ring (bicyclic) bond motifs is 1. The number of esters is 1. The number of nitrogens with zero attached hydrogens (tertiary/aromatic N) is 3. The molecule has 128 valence electrons. The molecule has 6 heteroatoms. The average molecular weight is 337 g/mol. The molecule has 0 spiro atoms. The topological polar surface area (TPSA) is 86.3 Å². The lowest BCUT2D eigenvalue weighted by Gasteiger charge is -2.25. The molecule has 0 bridgehead atoms. The molecule has 0 saturated carbocycles. The zero-order chi connectivity index (χ0) is 18.4. The maximum atomic E-state index is 11.1. The third-order valence-electron chi connectivity index (χ3n) is 3.87. The Kier molecular flexibility index (Phi) is 5.81. The van der Waals surface area contributed by atoms with Crippen LogP contribution in [0.1, 0.15) is 26.3 Å². The van der Waals surface area contributed by atoms with Gasteiger partial charge in [0.15, 0.2) is 11.3 Å². The van der Waals surface area contributed by atoms with E-state index in [1.807, 2.05) is 30.3 Å². The molecule has 0 amide bonds. The van der Waals surface area contributed by atoms with Crippen molar-refractivity contribution in [3.8, 4) is 17.9 Å². The van der Waals surface area contributed by atoms with Crippen LogP contribution in [0.4, 0.5) is 5.69 Å². The van der Waals surface area contributed by atoms with Crippen LogP contribution in [0.25, 0.3) is 5.57 Å². The van der Waals surface area contributed by atoms with Crippen molar-refractivity contribution in [2.75, 3.05) is 24.6 Å². The monoisotopic (exact) mass is 337 g/mol. The number of benzene rings is 1. The van der Waals surface area contributed by atoms with E-state index in [2.05, 4.69) is 18.7 Å². The predicted octanol–water partition coefficient (Wildman–Crippen LogP) is 3.17. The Balaban J connectivity index is 2.53. The molecule has 0 radical (unpaired) electrons. The second kappa shape index (κ2) is 8.03. The fraction of sp³-hybridized carbons (Fsp3) is 0.316. The van der Waals surface area contributed by atoms with Crippen LogP contribution in [0.5, 0.6) is 5.75 Å². The molecule has 1 aliphatic rings. The van der Waals surface area contributed by atoms with Crippen molar-refractivity contribution >= 4 is 17.2 Å². The summed E-state index contributed by atoms with van der Waals surface area (Å²) in [5.74, 6) is 0.295. The van der Waals surface area contributed by atoms with E-state index in [0.29, 0.717) is 11.3 Å². The average Bonchev–Trinajstić information content (AvgIpc) is 2.61. The summed E-state index contributed by atoms with van der Waals surface area (Å²) in [6.45, 7) is 7.18. The Bertz CT molecular complexity index is 805. The molecular weight excluding hydrogens is 318 g/mol. The number of anilines is 1. The number of nitriles is 2. The molecule has 1 heterocycles. The lowest BCUT2D eigenvalue weighted by molar-refractivity contribution is -0.139. The van der Waals surface area contributed by atoms with Gasteiger partial charge in [-0.05, 0) is 32.1 Å². The van der Waals surface area contributed by atoms with Crippen LogP contribution >= 0.6 is 0 Å². The summed E-state index contributed by atoms with van der Waals surface area (Å²) in [6.07, 6.45) is 1.57. The first-order valence-electron chi connectivity index (χ1n) is 7.99. The Hall–Kier alpha value is -3.25. The van der Waals surface area contributed by atoms with Crippen LogP contribution in [-0.4, -0.2) is 25.7 Å². The third-order valence-corrected chi connectivity index (χ3v) is 3.87. The molecule has 1 aromatic rings. The van der Waals surface area contributed by atoms with Crippen molar-refractivity contribution < 1.29 is 14.3 Å². The molecule has 0 saturated heterocycles. The predicted molar refractivity (Wildman–Crippen MR) is 93.5 cm³/mol. The molecule has 0 fully saturated rings. The van der Waals surface area contributed by atoms with Crippen LogP contribution < -0.4 is 9.64 Å². The minimum atomic E-state index is -0.403. The molecule has 0 aromatic heterocycles. The molecule has 0 N–H and O–H groups in total. The highest BCUT2D eigenvalue weighted by molar-refractivity contribution is 5.79. The Morgan fingerprint density at radius 1 is 1.24 bits per heavy atom. The molecule has 25 heavy (non-hydrogen) atoms. The van der Waals surface area contributed by atoms with Gasteiger partial charge in [-0.3, -0.25) is 4.79 Å². The van der Waals surface area contributed by atoms with Gasteiger partial charge >= 0.3 is 5.97 Å². The highest BCUT2D eigenvalue weighted by Crippen LogP contribution is 2.37. The van der Waals surface area contributed by atoms with Crippen LogP contribution in [0.2, 0.25) is 0 Å². The van der Waals surface area contributed by atoms with Gasteiger partial charge in [-0.15, -0.1) is 0 Å². The van der Waals surface area contributed by atoms with Crippen molar-refractivity contribution in [2.24, 2.45) is 0 Å². The summed E-state index contributed by atoms with van der Waals surface area (Å²) in [4.78, 5) is 13.3. The number of hydrogen-bond acceptors (Lipinski definition) is 6. The number of ether oxygens (including phenoxy) is 2. The maximum Gasteiger partial charge on any atom is 0.302 e. The number of allylic oxidation sites excluding steroid dienone is 2. The Labute approximate surface area is 147 Å². The lowest BCUT2D eigenvalue weighted by Crippen LogP contribution is -2.22. The minimum absolute atomic E-state index is 0.0456. The first-order valence-corrected chi connectivity index (χ1v) is 7.99. The molecule has 0 unspecified atom stereocenters. The van der Waals surface area contributed by atoms with E-state index in [1.165, 1.54) is 6.92 Å². The van der Waals surface area contributed by atoms with Crippen LogP contribution in [0.3, 0.4) is 0 Å². The van der Waals surface area contributed by atoms with Crippen LogP contribution in [0.15, 0.2) is 35.6 Å².